The molecule has 0 saturated carbocycles. The van der Waals surface area contributed by atoms with Crippen LogP contribution >= 0.6 is 27.3 Å². The normalized spacial score (nSPS) is 18.2. The van der Waals surface area contributed by atoms with Crippen LogP contribution in [0.25, 0.3) is 0 Å². The molecule has 1 aromatic rings. The molecule has 1 aromatic heterocycles. The summed E-state index contributed by atoms with van der Waals surface area (Å²) >= 11 is 5.39. The van der Waals surface area contributed by atoms with Gasteiger partial charge in [-0.3, -0.25) is 0 Å². The molecule has 1 saturated heterocycles. The molecule has 0 amide bonds. The minimum Gasteiger partial charge on any atom is -0.317 e. The molecule has 4 heteroatoms. The van der Waals surface area contributed by atoms with Crippen molar-refractivity contribution in [2.45, 2.75) is 32.1 Å². The van der Waals surface area contributed by atoms with E-state index in [1.165, 1.54) is 34.6 Å². The Hall–Kier alpha value is 0.1000. The van der Waals surface area contributed by atoms with Crippen molar-refractivity contribution in [3.63, 3.8) is 0 Å². The number of nitrogens with one attached hydrogen (secondary N) is 2. The SMILES string of the molecule is CC(C)(CNCC1CCNCC1)c1ccc(Br)s1. The summed E-state index contributed by atoms with van der Waals surface area (Å²) in [6, 6.07) is 4.38. The number of hydrogen-bond acceptors (Lipinski definition) is 3. The van der Waals surface area contributed by atoms with Crippen LogP contribution in [-0.2, 0) is 5.41 Å². The Morgan fingerprint density at radius 2 is 2.11 bits per heavy atom. The van der Waals surface area contributed by atoms with Crippen LogP contribution in [0.1, 0.15) is 31.6 Å². The maximum Gasteiger partial charge on any atom is 0.0701 e. The van der Waals surface area contributed by atoms with Crippen molar-refractivity contribution in [2.75, 3.05) is 26.2 Å². The van der Waals surface area contributed by atoms with E-state index in [0.29, 0.717) is 0 Å². The van der Waals surface area contributed by atoms with Crippen molar-refractivity contribution in [2.24, 2.45) is 5.92 Å². The topological polar surface area (TPSA) is 24.1 Å². The van der Waals surface area contributed by atoms with Crippen molar-refractivity contribution in [1.29, 1.82) is 0 Å². The molecule has 2 N–H and O–H groups in total. The van der Waals surface area contributed by atoms with Crippen molar-refractivity contribution in [3.8, 4) is 0 Å². The molecule has 0 unspecified atom stereocenters. The van der Waals surface area contributed by atoms with Gasteiger partial charge in [-0.2, -0.15) is 0 Å². The zero-order valence-electron chi connectivity index (χ0n) is 11.3. The van der Waals surface area contributed by atoms with Crippen molar-refractivity contribution in [1.82, 2.24) is 10.6 Å². The molecule has 0 radical (unpaired) electrons. The maximum atomic E-state index is 3.67. The van der Waals surface area contributed by atoms with Crippen LogP contribution in [0.15, 0.2) is 15.9 Å². The summed E-state index contributed by atoms with van der Waals surface area (Å²) in [6.45, 7) is 9.24. The highest BCUT2D eigenvalue weighted by molar-refractivity contribution is 9.11. The van der Waals surface area contributed by atoms with E-state index in [9.17, 15) is 0 Å². The van der Waals surface area contributed by atoms with Gasteiger partial charge < -0.3 is 10.6 Å². The van der Waals surface area contributed by atoms with E-state index in [1.807, 2.05) is 11.3 Å². The summed E-state index contributed by atoms with van der Waals surface area (Å²) in [7, 11) is 0. The van der Waals surface area contributed by atoms with Crippen LogP contribution in [0.2, 0.25) is 0 Å². The monoisotopic (exact) mass is 330 g/mol. The Labute approximate surface area is 123 Å². The fourth-order valence-electron chi connectivity index (χ4n) is 2.44. The smallest absolute Gasteiger partial charge is 0.0701 e. The molecule has 2 heterocycles. The van der Waals surface area contributed by atoms with Crippen LogP contribution in [0.5, 0.6) is 0 Å². The lowest BCUT2D eigenvalue weighted by molar-refractivity contribution is 0.343. The summed E-state index contributed by atoms with van der Waals surface area (Å²) in [6.07, 6.45) is 2.63. The van der Waals surface area contributed by atoms with Crippen molar-refractivity contribution >= 4 is 27.3 Å². The van der Waals surface area contributed by atoms with Crippen molar-refractivity contribution < 1.29 is 0 Å². The van der Waals surface area contributed by atoms with E-state index in [1.54, 1.807) is 0 Å². The van der Waals surface area contributed by atoms with Crippen LogP contribution < -0.4 is 10.6 Å². The van der Waals surface area contributed by atoms with E-state index in [2.05, 4.69) is 52.5 Å². The molecule has 18 heavy (non-hydrogen) atoms. The summed E-state index contributed by atoms with van der Waals surface area (Å²) in [5.41, 5.74) is 0.226. The Bertz CT molecular complexity index is 370. The second-order valence-electron chi connectivity index (χ2n) is 5.81. The minimum absolute atomic E-state index is 0.226. The average molecular weight is 331 g/mol. The van der Waals surface area contributed by atoms with Gasteiger partial charge in [-0.25, -0.2) is 0 Å². The second-order valence-corrected chi connectivity index (χ2v) is 8.27. The maximum absolute atomic E-state index is 3.67. The number of piperidine rings is 1. The molecule has 1 aliphatic rings. The van der Waals surface area contributed by atoms with Gasteiger partial charge in [0.1, 0.15) is 0 Å². The average Bonchev–Trinajstić information content (AvgIpc) is 2.78. The number of thiophene rings is 1. The first-order chi connectivity index (χ1) is 8.58. The molecule has 0 aliphatic carbocycles. The van der Waals surface area contributed by atoms with Gasteiger partial charge in [0.05, 0.1) is 3.79 Å². The lowest BCUT2D eigenvalue weighted by Crippen LogP contribution is -2.38. The molecule has 0 spiro atoms. The van der Waals surface area contributed by atoms with Gasteiger partial charge in [0.2, 0.25) is 0 Å². The predicted molar refractivity (Wildman–Crippen MR) is 83.5 cm³/mol. The third kappa shape index (κ3) is 4.05. The quantitative estimate of drug-likeness (QED) is 0.864. The summed E-state index contributed by atoms with van der Waals surface area (Å²) in [4.78, 5) is 1.45. The van der Waals surface area contributed by atoms with Gasteiger partial charge in [0.25, 0.3) is 0 Å². The predicted octanol–water partition coefficient (Wildman–Crippen LogP) is 3.38. The zero-order chi connectivity index (χ0) is 13.0. The van der Waals surface area contributed by atoms with E-state index in [4.69, 9.17) is 0 Å². The molecule has 102 valence electrons. The van der Waals surface area contributed by atoms with E-state index in [-0.39, 0.29) is 5.41 Å². The first kappa shape index (κ1) is 14.5. The van der Waals surface area contributed by atoms with Gasteiger partial charge >= 0.3 is 0 Å². The van der Waals surface area contributed by atoms with E-state index >= 15 is 0 Å². The summed E-state index contributed by atoms with van der Waals surface area (Å²) in [5.74, 6) is 0.858. The number of rotatable bonds is 5. The second kappa shape index (κ2) is 6.51. The molecule has 1 fully saturated rings. The lowest BCUT2D eigenvalue weighted by atomic mass is 9.91. The highest BCUT2D eigenvalue weighted by atomic mass is 79.9. The molecule has 2 rings (SSSR count). The van der Waals surface area contributed by atoms with E-state index < -0.39 is 0 Å². The van der Waals surface area contributed by atoms with Crippen LogP contribution in [-0.4, -0.2) is 26.2 Å². The van der Waals surface area contributed by atoms with Crippen LogP contribution in [0.4, 0.5) is 0 Å². The first-order valence-electron chi connectivity index (χ1n) is 6.75. The molecule has 0 bridgehead atoms. The highest BCUT2D eigenvalue weighted by Gasteiger charge is 2.22. The van der Waals surface area contributed by atoms with Crippen LogP contribution in [0, 0.1) is 5.92 Å². The molecule has 0 aromatic carbocycles. The van der Waals surface area contributed by atoms with Gasteiger partial charge in [-0.15, -0.1) is 11.3 Å². The Morgan fingerprint density at radius 3 is 2.72 bits per heavy atom. The zero-order valence-corrected chi connectivity index (χ0v) is 13.7. The molecule has 0 atom stereocenters. The fraction of sp³-hybridized carbons (Fsp3) is 0.714. The minimum atomic E-state index is 0.226. The van der Waals surface area contributed by atoms with Crippen LogP contribution in [0.3, 0.4) is 0 Å². The summed E-state index contributed by atoms with van der Waals surface area (Å²) < 4.78 is 1.23. The lowest BCUT2D eigenvalue weighted by Gasteiger charge is -2.27. The standard InChI is InChI=1S/C14H23BrN2S/c1-14(2,12-3-4-13(15)18-12)10-17-9-11-5-7-16-8-6-11/h3-4,11,16-17H,5-10H2,1-2H3. The van der Waals surface area contributed by atoms with Gasteiger partial charge in [0, 0.05) is 16.8 Å². The Balaban J connectivity index is 1.78. The fourth-order valence-corrected chi connectivity index (χ4v) is 3.93. The Kier molecular flexibility index (Phi) is 5.24. The largest absolute Gasteiger partial charge is 0.317 e. The van der Waals surface area contributed by atoms with Gasteiger partial charge in [-0.05, 0) is 66.5 Å². The first-order valence-corrected chi connectivity index (χ1v) is 8.36. The molecule has 1 aliphatic heterocycles. The van der Waals surface area contributed by atoms with Gasteiger partial charge in [-0.1, -0.05) is 13.8 Å². The van der Waals surface area contributed by atoms with Crippen molar-refractivity contribution in [3.05, 3.63) is 20.8 Å². The third-order valence-corrected chi connectivity index (χ3v) is 5.69. The highest BCUT2D eigenvalue weighted by Crippen LogP contribution is 2.32. The molecular weight excluding hydrogens is 308 g/mol. The van der Waals surface area contributed by atoms with E-state index in [0.717, 1.165) is 19.0 Å². The number of hydrogen-bond donors (Lipinski definition) is 2. The summed E-state index contributed by atoms with van der Waals surface area (Å²) in [5, 5.41) is 7.09. The molecular formula is C14H23BrN2S. The molecule has 2 nitrogen and oxygen atoms in total. The third-order valence-electron chi connectivity index (χ3n) is 3.70. The Morgan fingerprint density at radius 1 is 1.39 bits per heavy atom. The number of halogens is 1. The van der Waals surface area contributed by atoms with Gasteiger partial charge in [0.15, 0.2) is 0 Å².